The van der Waals surface area contributed by atoms with Crippen LogP contribution in [0.5, 0.6) is 0 Å². The quantitative estimate of drug-likeness (QED) is 0.592. The first-order chi connectivity index (χ1) is 11.0. The third kappa shape index (κ3) is 3.07. The second-order valence-electron chi connectivity index (χ2n) is 5.37. The number of methoxy groups -OCH3 is 1. The van der Waals surface area contributed by atoms with Gasteiger partial charge in [0.05, 0.1) is 11.5 Å². The van der Waals surface area contributed by atoms with Gasteiger partial charge in [0.25, 0.3) is 5.69 Å². The normalized spacial score (nSPS) is 37.2. The molecule has 0 bridgehead atoms. The van der Waals surface area contributed by atoms with Crippen molar-refractivity contribution in [1.82, 2.24) is 0 Å². The van der Waals surface area contributed by atoms with Crippen molar-refractivity contribution in [2.45, 2.75) is 37.0 Å². The number of rotatable bonds is 3. The lowest BCUT2D eigenvalue weighted by atomic mass is 9.98. The van der Waals surface area contributed by atoms with Gasteiger partial charge in [0.15, 0.2) is 12.6 Å². The van der Waals surface area contributed by atoms with Crippen LogP contribution in [0, 0.1) is 10.1 Å². The summed E-state index contributed by atoms with van der Waals surface area (Å²) in [7, 11) is 1.37. The third-order valence-corrected chi connectivity index (χ3v) is 3.94. The van der Waals surface area contributed by atoms with Gasteiger partial charge in [0.2, 0.25) is 0 Å². The molecular formula is C14H17NO8. The molecule has 2 heterocycles. The molecule has 1 aromatic carbocycles. The van der Waals surface area contributed by atoms with Crippen LogP contribution in [0.4, 0.5) is 5.69 Å². The van der Waals surface area contributed by atoms with E-state index in [-0.39, 0.29) is 12.3 Å². The summed E-state index contributed by atoms with van der Waals surface area (Å²) in [6, 6.07) is 5.73. The summed E-state index contributed by atoms with van der Waals surface area (Å²) in [4.78, 5) is 10.2. The van der Waals surface area contributed by atoms with Crippen molar-refractivity contribution in [2.75, 3.05) is 13.7 Å². The number of nitrogens with zero attached hydrogens (tertiary/aromatic N) is 1. The van der Waals surface area contributed by atoms with Crippen LogP contribution < -0.4 is 0 Å². The van der Waals surface area contributed by atoms with Gasteiger partial charge in [-0.25, -0.2) is 0 Å². The zero-order valence-electron chi connectivity index (χ0n) is 12.3. The molecule has 2 aliphatic heterocycles. The van der Waals surface area contributed by atoms with Crippen LogP contribution in [0.15, 0.2) is 24.3 Å². The summed E-state index contributed by atoms with van der Waals surface area (Å²) >= 11 is 0. The minimum Gasteiger partial charge on any atom is -0.387 e. The van der Waals surface area contributed by atoms with Crippen molar-refractivity contribution in [1.29, 1.82) is 0 Å². The second-order valence-corrected chi connectivity index (χ2v) is 5.37. The topological polar surface area (TPSA) is 121 Å². The number of hydrogen-bond acceptors (Lipinski definition) is 8. The number of ether oxygens (including phenoxy) is 4. The average Bonchev–Trinajstić information content (AvgIpc) is 2.58. The van der Waals surface area contributed by atoms with E-state index >= 15 is 0 Å². The van der Waals surface area contributed by atoms with Crippen LogP contribution in [0.1, 0.15) is 11.9 Å². The Hall–Kier alpha value is -1.62. The van der Waals surface area contributed by atoms with Crippen molar-refractivity contribution >= 4 is 5.69 Å². The van der Waals surface area contributed by atoms with Gasteiger partial charge in [0, 0.05) is 24.8 Å². The minimum atomic E-state index is -1.24. The number of aliphatic hydroxyl groups is 2. The first-order valence-electron chi connectivity index (χ1n) is 7.07. The van der Waals surface area contributed by atoms with E-state index in [9.17, 15) is 20.3 Å². The van der Waals surface area contributed by atoms with E-state index in [4.69, 9.17) is 18.9 Å². The molecule has 6 atom stereocenters. The molecule has 9 heteroatoms. The Morgan fingerprint density at radius 1 is 1.22 bits per heavy atom. The Morgan fingerprint density at radius 2 is 1.91 bits per heavy atom. The molecule has 2 N–H and O–H groups in total. The van der Waals surface area contributed by atoms with Gasteiger partial charge in [0.1, 0.15) is 24.4 Å². The summed E-state index contributed by atoms with van der Waals surface area (Å²) in [5.41, 5.74) is 0.534. The molecule has 0 aliphatic carbocycles. The van der Waals surface area contributed by atoms with Gasteiger partial charge in [-0.1, -0.05) is 0 Å². The van der Waals surface area contributed by atoms with E-state index in [0.717, 1.165) is 0 Å². The molecule has 0 aromatic heterocycles. The number of non-ortho nitro benzene ring substituents is 1. The lowest BCUT2D eigenvalue weighted by molar-refractivity contribution is -0.385. The molecule has 2 aliphatic rings. The summed E-state index contributed by atoms with van der Waals surface area (Å²) in [6.45, 7) is 0.135. The Labute approximate surface area is 131 Å². The molecule has 3 rings (SSSR count). The first-order valence-corrected chi connectivity index (χ1v) is 7.07. The summed E-state index contributed by atoms with van der Waals surface area (Å²) < 4.78 is 21.7. The van der Waals surface area contributed by atoms with Crippen molar-refractivity contribution in [3.05, 3.63) is 39.9 Å². The molecule has 1 aromatic rings. The highest BCUT2D eigenvalue weighted by Crippen LogP contribution is 2.34. The zero-order valence-corrected chi connectivity index (χ0v) is 12.3. The Bertz CT molecular complexity index is 562. The molecular weight excluding hydrogens is 310 g/mol. The molecule has 0 amide bonds. The van der Waals surface area contributed by atoms with E-state index < -0.39 is 41.9 Å². The van der Waals surface area contributed by atoms with Crippen LogP contribution in [0.3, 0.4) is 0 Å². The van der Waals surface area contributed by atoms with E-state index in [1.807, 2.05) is 0 Å². The molecule has 0 spiro atoms. The van der Waals surface area contributed by atoms with Crippen LogP contribution >= 0.6 is 0 Å². The molecule has 126 valence electrons. The standard InChI is InChI=1S/C14H17NO8/c1-20-14-11(17)10(16)12-9(22-14)6-21-13(23-12)7-2-4-8(5-3-7)15(18)19/h2-5,9-14,16-17H,6H2,1H3/t9-,10-,11-,12+,13?,14+/m1/s1. The van der Waals surface area contributed by atoms with Crippen molar-refractivity contribution in [2.24, 2.45) is 0 Å². The van der Waals surface area contributed by atoms with Gasteiger partial charge in [-0.15, -0.1) is 0 Å². The Kier molecular flexibility index (Phi) is 4.57. The van der Waals surface area contributed by atoms with Gasteiger partial charge in [-0.05, 0) is 12.1 Å². The van der Waals surface area contributed by atoms with Crippen LogP contribution in [-0.2, 0) is 18.9 Å². The highest BCUT2D eigenvalue weighted by Gasteiger charge is 2.49. The summed E-state index contributed by atoms with van der Waals surface area (Å²) in [5.74, 6) is 0. The smallest absolute Gasteiger partial charge is 0.269 e. The monoisotopic (exact) mass is 327 g/mol. The SMILES string of the molecule is CO[C@H]1O[C@@H]2COC(c3ccc([N+](=O)[O-])cc3)O[C@@H]2[C@H](O)[C@H]1O. The fourth-order valence-electron chi connectivity index (χ4n) is 2.69. The third-order valence-electron chi connectivity index (χ3n) is 3.94. The number of aliphatic hydroxyl groups excluding tert-OH is 2. The van der Waals surface area contributed by atoms with E-state index in [2.05, 4.69) is 0 Å². The van der Waals surface area contributed by atoms with Crippen molar-refractivity contribution in [3.8, 4) is 0 Å². The van der Waals surface area contributed by atoms with Crippen molar-refractivity contribution < 1.29 is 34.1 Å². The highest BCUT2D eigenvalue weighted by atomic mass is 16.7. The number of fused-ring (bicyclic) bond motifs is 1. The first kappa shape index (κ1) is 16.2. The maximum absolute atomic E-state index is 10.7. The lowest BCUT2D eigenvalue weighted by Gasteiger charge is -2.45. The fraction of sp³-hybridized carbons (Fsp3) is 0.571. The molecule has 23 heavy (non-hydrogen) atoms. The van der Waals surface area contributed by atoms with Crippen molar-refractivity contribution in [3.63, 3.8) is 0 Å². The molecule has 2 saturated heterocycles. The molecule has 0 radical (unpaired) electrons. The average molecular weight is 327 g/mol. The maximum Gasteiger partial charge on any atom is 0.269 e. The van der Waals surface area contributed by atoms with Gasteiger partial charge >= 0.3 is 0 Å². The van der Waals surface area contributed by atoms with E-state index in [1.54, 1.807) is 0 Å². The van der Waals surface area contributed by atoms with Crippen LogP contribution in [0.25, 0.3) is 0 Å². The second kappa shape index (κ2) is 6.48. The molecule has 0 saturated carbocycles. The number of benzene rings is 1. The zero-order chi connectivity index (χ0) is 16.6. The summed E-state index contributed by atoms with van der Waals surface area (Å²) in [6.07, 6.45) is -5.55. The van der Waals surface area contributed by atoms with Gasteiger partial charge in [-0.2, -0.15) is 0 Å². The number of nitro groups is 1. The Balaban J connectivity index is 1.73. The predicted octanol–water partition coefficient (Wildman–Crippen LogP) is 0.102. The predicted molar refractivity (Wildman–Crippen MR) is 74.3 cm³/mol. The maximum atomic E-state index is 10.7. The molecule has 1 unspecified atom stereocenters. The molecule has 9 nitrogen and oxygen atoms in total. The van der Waals surface area contributed by atoms with Gasteiger partial charge < -0.3 is 29.2 Å². The van der Waals surface area contributed by atoms with E-state index in [1.165, 1.54) is 31.4 Å². The van der Waals surface area contributed by atoms with Crippen LogP contribution in [0.2, 0.25) is 0 Å². The van der Waals surface area contributed by atoms with Crippen LogP contribution in [-0.4, -0.2) is 59.6 Å². The van der Waals surface area contributed by atoms with E-state index in [0.29, 0.717) is 5.56 Å². The summed E-state index contributed by atoms with van der Waals surface area (Å²) in [5, 5.41) is 30.8. The number of nitro benzene ring substituents is 1. The highest BCUT2D eigenvalue weighted by molar-refractivity contribution is 5.33. The van der Waals surface area contributed by atoms with Gasteiger partial charge in [-0.3, -0.25) is 10.1 Å². The largest absolute Gasteiger partial charge is 0.387 e. The minimum absolute atomic E-state index is 0.0400. The number of hydrogen-bond donors (Lipinski definition) is 2. The Morgan fingerprint density at radius 3 is 2.52 bits per heavy atom. The lowest BCUT2D eigenvalue weighted by Crippen LogP contribution is -2.62. The fourth-order valence-corrected chi connectivity index (χ4v) is 2.69. The molecule has 2 fully saturated rings.